The van der Waals surface area contributed by atoms with Crippen molar-refractivity contribution in [1.82, 2.24) is 31.9 Å². The third-order valence-corrected chi connectivity index (χ3v) is 12.9. The molecule has 0 aliphatic carbocycles. The van der Waals surface area contributed by atoms with E-state index in [1.165, 1.54) is 31.4 Å². The number of nitrogens with one attached hydrogen (secondary N) is 6. The summed E-state index contributed by atoms with van der Waals surface area (Å²) < 4.78 is 42.0. The van der Waals surface area contributed by atoms with E-state index in [0.29, 0.717) is 45.4 Å². The number of allylic oxidation sites excluding steroid dienone is 26. The summed E-state index contributed by atoms with van der Waals surface area (Å²) in [6.07, 6.45) is 50.1. The number of rotatable bonds is 57. The number of aliphatic carboxylic acids is 2. The Morgan fingerprint density at radius 1 is 0.364 bits per heavy atom. The Labute approximate surface area is 630 Å². The largest absolute Gasteiger partial charge is 0.480 e. The van der Waals surface area contributed by atoms with Crippen molar-refractivity contribution in [2.75, 3.05) is 106 Å². The van der Waals surface area contributed by atoms with Gasteiger partial charge in [-0.2, -0.15) is 0 Å². The molecule has 0 saturated carbocycles. The van der Waals surface area contributed by atoms with E-state index in [2.05, 4.69) is 31.9 Å². The van der Waals surface area contributed by atoms with Gasteiger partial charge in [-0.3, -0.25) is 47.9 Å². The van der Waals surface area contributed by atoms with Crippen molar-refractivity contribution in [3.8, 4) is 0 Å². The number of hydrogen-bond acceptors (Lipinski definition) is 20. The fraction of sp³-hybridized carbons (Fsp3) is 0.494. The molecule has 28 heteroatoms. The molecule has 0 aromatic rings. The maximum Gasteiger partial charge on any atom is 0.329 e. The molecule has 0 rings (SSSR count). The smallest absolute Gasteiger partial charge is 0.329 e. The molecule has 0 aliphatic heterocycles. The van der Waals surface area contributed by atoms with E-state index in [9.17, 15) is 67.7 Å². The summed E-state index contributed by atoms with van der Waals surface area (Å²) in [6, 6.07) is -2.71. The highest BCUT2D eigenvalue weighted by Gasteiger charge is 2.34. The van der Waals surface area contributed by atoms with Gasteiger partial charge in [0.05, 0.1) is 39.6 Å². The molecule has 0 bridgehead atoms. The van der Waals surface area contributed by atoms with Crippen LogP contribution in [0, 0.1) is 11.8 Å². The van der Waals surface area contributed by atoms with Crippen LogP contribution in [0.1, 0.15) is 114 Å². The topological polar surface area (TPSA) is 391 Å². The van der Waals surface area contributed by atoms with Gasteiger partial charge in [0.15, 0.2) is 23.4 Å². The Bertz CT molecular complexity index is 3100. The Hall–Kier alpha value is -9.84. The van der Waals surface area contributed by atoms with Crippen LogP contribution in [0.25, 0.3) is 0 Å². The molecule has 0 aromatic heterocycles. The van der Waals surface area contributed by atoms with Crippen molar-refractivity contribution >= 4 is 70.9 Å². The van der Waals surface area contributed by atoms with E-state index >= 15 is 0 Å². The molecule has 6 amide bonds. The van der Waals surface area contributed by atoms with Gasteiger partial charge in [-0.05, 0) is 88.0 Å². The third kappa shape index (κ3) is 64.3. The van der Waals surface area contributed by atoms with Gasteiger partial charge in [0.1, 0.15) is 49.7 Å². The second-order valence-electron chi connectivity index (χ2n) is 24.7. The number of amides is 6. The lowest BCUT2D eigenvalue weighted by atomic mass is 10.0. The van der Waals surface area contributed by atoms with E-state index in [0.717, 1.165) is 6.08 Å². The minimum atomic E-state index is -1.64. The van der Waals surface area contributed by atoms with Crippen molar-refractivity contribution in [1.29, 1.82) is 0 Å². The zero-order valence-electron chi connectivity index (χ0n) is 63.8. The molecule has 2 unspecified atom stereocenters. The number of ketones is 2. The first-order chi connectivity index (χ1) is 51.1. The molecule has 28 nitrogen and oxygen atoms in total. The first-order valence-electron chi connectivity index (χ1n) is 35.4. The van der Waals surface area contributed by atoms with E-state index < -0.39 is 82.6 Å². The number of carbonyl (C=O) groups is 12. The first kappa shape index (κ1) is 99.2. The summed E-state index contributed by atoms with van der Waals surface area (Å²) in [7, 11) is 1.44. The number of carbonyl (C=O) groups excluding carboxylic acids is 10. The summed E-state index contributed by atoms with van der Waals surface area (Å²) >= 11 is 0. The molecule has 0 fully saturated rings. The highest BCUT2D eigenvalue weighted by Crippen LogP contribution is 2.16. The number of carboxylic acid groups (broad SMARTS) is 2. The molecule has 594 valence electrons. The van der Waals surface area contributed by atoms with Crippen LogP contribution in [0.4, 0.5) is 0 Å². The normalized spacial score (nSPS) is 13.5. The van der Waals surface area contributed by atoms with Crippen molar-refractivity contribution in [3.05, 3.63) is 170 Å². The van der Waals surface area contributed by atoms with Crippen LogP contribution in [0.5, 0.6) is 0 Å². The lowest BCUT2D eigenvalue weighted by Crippen LogP contribution is -2.48. The maximum absolute atomic E-state index is 13.5. The number of Topliss-reactive ketones (excluding diaryl/α,β-unsaturated/α-hetero) is 2. The molecule has 0 spiro atoms. The van der Waals surface area contributed by atoms with E-state index in [-0.39, 0.29) is 128 Å². The molecule has 0 saturated heterocycles. The molecule has 0 aromatic carbocycles. The monoisotopic (exact) mass is 1500 g/mol. The van der Waals surface area contributed by atoms with Gasteiger partial charge >= 0.3 is 23.9 Å². The van der Waals surface area contributed by atoms with Crippen molar-refractivity contribution < 1.29 is 106 Å². The van der Waals surface area contributed by atoms with Crippen molar-refractivity contribution in [2.45, 2.75) is 137 Å². The average Bonchev–Trinajstić information content (AvgIpc) is 0.857. The van der Waals surface area contributed by atoms with E-state index in [1.807, 2.05) is 118 Å². The Kier molecular flexibility index (Phi) is 60.9. The van der Waals surface area contributed by atoms with Gasteiger partial charge in [0.25, 0.3) is 0 Å². The van der Waals surface area contributed by atoms with Crippen molar-refractivity contribution in [2.24, 2.45) is 11.8 Å². The highest BCUT2D eigenvalue weighted by molar-refractivity contribution is 6.02. The van der Waals surface area contributed by atoms with Gasteiger partial charge in [-0.25, -0.2) is 9.59 Å². The van der Waals surface area contributed by atoms with Gasteiger partial charge in [0.2, 0.25) is 35.4 Å². The molecule has 4 atom stereocenters. The summed E-state index contributed by atoms with van der Waals surface area (Å²) in [5, 5.41) is 34.3. The van der Waals surface area contributed by atoms with Crippen LogP contribution in [-0.4, -0.2) is 210 Å². The minimum Gasteiger partial charge on any atom is -0.480 e. The van der Waals surface area contributed by atoms with Gasteiger partial charge in [-0.15, -0.1) is 0 Å². The fourth-order valence-corrected chi connectivity index (χ4v) is 7.85. The number of carboxylic acids is 2. The molecule has 0 radical (unpaired) electrons. The predicted molar refractivity (Wildman–Crippen MR) is 408 cm³/mol. The highest BCUT2D eigenvalue weighted by atomic mass is 16.6. The van der Waals surface area contributed by atoms with Crippen molar-refractivity contribution in [3.63, 3.8) is 0 Å². The lowest BCUT2D eigenvalue weighted by molar-refractivity contribution is -0.164. The minimum absolute atomic E-state index is 0.0140. The molecular weight excluding hydrogens is 1380 g/mol. The first-order valence-corrected chi connectivity index (χ1v) is 35.4. The zero-order chi connectivity index (χ0) is 80.2. The summed E-state index contributed by atoms with van der Waals surface area (Å²) in [4.78, 5) is 147. The van der Waals surface area contributed by atoms with Gasteiger partial charge in [-0.1, -0.05) is 170 Å². The standard InChI is InChI=1S/C44H67N3O11.C35H49N3O11/c1-9-11-12-13-14-15-16-17-18-19-20-21-22-25-36(41(52)57-43(3,4)5)40(51)47-37(42(53)58-44(6,7)8)26-27-38(49)46-29-30-55-31-32-56-34-39(50)45-28-23-24-35(48)33-54-10-2;1-3-4-5-6-7-8-9-10-11-12-13-14-15-18-29(34(43)44)33(42)38-30(35(45)46)19-20-31(40)37-22-23-48-24-25-49-27-32(41)36-21-16-17-28(39)26-47-2/h9,11-22,25,36-37H,10,23-24,26-34H2,1-8H3,(H,45,50)(H,46,49)(H,47,51);3-15,18,29-30H,16-17,19-27H2,1-2H3,(H,36,41)(H,37,40)(H,38,42)(H,43,44)(H,45,46)/b11-9+,13-12+,15-14+,17-16+,19-18+,21-20+,25-22+;4-3+,6-5+,8-7+,10-9+,12-11+,14-13+,18-15+/t36?,37-;29?,30-/m00/s1. The van der Waals surface area contributed by atoms with Gasteiger partial charge in [0, 0.05) is 65.6 Å². The van der Waals surface area contributed by atoms with Gasteiger partial charge < -0.3 is 80.0 Å². The van der Waals surface area contributed by atoms with Crippen LogP contribution in [0.2, 0.25) is 0 Å². The summed E-state index contributed by atoms with van der Waals surface area (Å²) in [5.41, 5.74) is -1.76. The van der Waals surface area contributed by atoms with Crippen LogP contribution < -0.4 is 31.9 Å². The zero-order valence-corrected chi connectivity index (χ0v) is 63.8. The fourth-order valence-electron chi connectivity index (χ4n) is 7.85. The summed E-state index contributed by atoms with van der Waals surface area (Å²) in [6.45, 7) is 18.0. The van der Waals surface area contributed by atoms with Crippen LogP contribution in [0.3, 0.4) is 0 Å². The van der Waals surface area contributed by atoms with E-state index in [4.69, 9.17) is 37.9 Å². The molecular formula is C79H116N6O22. The Morgan fingerprint density at radius 2 is 0.710 bits per heavy atom. The lowest BCUT2D eigenvalue weighted by Gasteiger charge is -2.26. The quantitative estimate of drug-likeness (QED) is 0.0128. The molecule has 0 heterocycles. The molecule has 0 aliphatic rings. The SMILES string of the molecule is C/C=C/C=C/C=C/C=C/C=C/C=C/C=C/C(C(=O)N[C@@H](CCC(=O)NCCOCCOCC(=O)NCCCC(=O)COCC)C(=O)OC(C)(C)C)C(=O)OC(C)(C)C.C/C=C/C=C/C=C/C=C/C=C/C=C/C=C/C(C(=O)O)C(=O)N[C@@H](CCC(=O)NCCOCCOCC(=O)NCCCC(=O)COC)C(=O)O. The third-order valence-electron chi connectivity index (χ3n) is 12.9. The van der Waals surface area contributed by atoms with Crippen LogP contribution >= 0.6 is 0 Å². The number of methoxy groups -OCH3 is 1. The molecule has 107 heavy (non-hydrogen) atoms. The number of hydrogen-bond donors (Lipinski definition) is 8. The van der Waals surface area contributed by atoms with E-state index in [1.54, 1.807) is 84.1 Å². The Morgan fingerprint density at radius 3 is 1.09 bits per heavy atom. The second kappa shape index (κ2) is 65.7. The van der Waals surface area contributed by atoms with Crippen LogP contribution in [-0.2, 0) is 95.4 Å². The number of ether oxygens (including phenoxy) is 8. The molecule has 8 N–H and O–H groups in total. The average molecular weight is 1500 g/mol. The van der Waals surface area contributed by atoms with Crippen LogP contribution in [0.15, 0.2) is 170 Å². The predicted octanol–water partition coefficient (Wildman–Crippen LogP) is 7.33. The second-order valence-corrected chi connectivity index (χ2v) is 24.7. The summed E-state index contributed by atoms with van der Waals surface area (Å²) in [5.74, 6) is -10.9. The number of esters is 2. The Balaban J connectivity index is 0. The maximum atomic E-state index is 13.5.